The number of benzene rings is 1. The van der Waals surface area contributed by atoms with E-state index >= 15 is 0 Å². The molecule has 2 heterocycles. The van der Waals surface area contributed by atoms with Gasteiger partial charge in [0, 0.05) is 48.1 Å². The van der Waals surface area contributed by atoms with Crippen LogP contribution < -0.4 is 0 Å². The second kappa shape index (κ2) is 5.31. The summed E-state index contributed by atoms with van der Waals surface area (Å²) in [5, 5.41) is 1.29. The van der Waals surface area contributed by atoms with Gasteiger partial charge in [0.15, 0.2) is 0 Å². The number of carbonyl (C=O) groups is 1. The van der Waals surface area contributed by atoms with Crippen molar-refractivity contribution in [2.24, 2.45) is 5.92 Å². The molecule has 1 aliphatic heterocycles. The third kappa shape index (κ3) is 2.35. The zero-order valence-electron chi connectivity index (χ0n) is 13.1. The number of hydrogen-bond donors (Lipinski definition) is 1. The molecule has 1 aromatic heterocycles. The summed E-state index contributed by atoms with van der Waals surface area (Å²) in [6.45, 7) is 3.72. The first-order chi connectivity index (χ1) is 10.7. The Hall–Kier alpha value is -2.03. The standard InChI is InChI=1S/C19H22N2O/c1-13-6-7-17-15(10-13)16-12-21(9-8-18(16)20-17)19(22)11-14-4-2-3-5-14/h2,4,6-7,10,14,20H,3,5,8-9,11-12H2,1H3/t14-/m1/s1. The summed E-state index contributed by atoms with van der Waals surface area (Å²) in [6, 6.07) is 6.52. The number of aryl methyl sites for hydroxylation is 1. The van der Waals surface area contributed by atoms with Gasteiger partial charge in [-0.05, 0) is 37.8 Å². The number of nitrogens with one attached hydrogen (secondary N) is 1. The fourth-order valence-electron chi connectivity index (χ4n) is 3.76. The number of nitrogens with zero attached hydrogens (tertiary/aromatic N) is 1. The van der Waals surface area contributed by atoms with Crippen molar-refractivity contribution in [2.75, 3.05) is 6.54 Å². The third-order valence-electron chi connectivity index (χ3n) is 5.03. The lowest BCUT2D eigenvalue weighted by Gasteiger charge is -2.28. The summed E-state index contributed by atoms with van der Waals surface area (Å²) in [6.07, 6.45) is 8.29. The van der Waals surface area contributed by atoms with Crippen LogP contribution in [0.1, 0.15) is 36.1 Å². The number of rotatable bonds is 2. The number of fused-ring (bicyclic) bond motifs is 3. The maximum Gasteiger partial charge on any atom is 0.223 e. The number of aromatic amines is 1. The molecule has 1 aliphatic carbocycles. The highest BCUT2D eigenvalue weighted by Crippen LogP contribution is 2.29. The molecule has 0 saturated heterocycles. The molecule has 0 bridgehead atoms. The van der Waals surface area contributed by atoms with Crippen LogP contribution in [-0.4, -0.2) is 22.3 Å². The molecule has 0 unspecified atom stereocenters. The Morgan fingerprint density at radius 1 is 1.41 bits per heavy atom. The highest BCUT2D eigenvalue weighted by atomic mass is 16.2. The van der Waals surface area contributed by atoms with Gasteiger partial charge in [0.2, 0.25) is 5.91 Å². The minimum Gasteiger partial charge on any atom is -0.358 e. The Kier molecular flexibility index (Phi) is 3.29. The van der Waals surface area contributed by atoms with Crippen molar-refractivity contribution in [1.29, 1.82) is 0 Å². The Balaban J connectivity index is 1.57. The van der Waals surface area contributed by atoms with Crippen LogP contribution in [0.4, 0.5) is 0 Å². The molecule has 1 atom stereocenters. The number of carbonyl (C=O) groups excluding carboxylic acids is 1. The molecule has 2 aromatic rings. The van der Waals surface area contributed by atoms with Gasteiger partial charge >= 0.3 is 0 Å². The van der Waals surface area contributed by atoms with E-state index in [1.165, 1.54) is 27.7 Å². The quantitative estimate of drug-likeness (QED) is 0.842. The van der Waals surface area contributed by atoms with Gasteiger partial charge in [0.1, 0.15) is 0 Å². The molecule has 0 radical (unpaired) electrons. The average Bonchev–Trinajstić information content (AvgIpc) is 3.14. The Morgan fingerprint density at radius 2 is 2.32 bits per heavy atom. The minimum atomic E-state index is 0.309. The van der Waals surface area contributed by atoms with Crippen molar-refractivity contribution in [3.63, 3.8) is 0 Å². The van der Waals surface area contributed by atoms with Crippen molar-refractivity contribution in [3.05, 3.63) is 47.2 Å². The van der Waals surface area contributed by atoms with Crippen LogP contribution in [0.15, 0.2) is 30.4 Å². The first-order valence-electron chi connectivity index (χ1n) is 8.25. The predicted octanol–water partition coefficient (Wildman–Crippen LogP) is 3.72. The van der Waals surface area contributed by atoms with Crippen molar-refractivity contribution >= 4 is 16.8 Å². The monoisotopic (exact) mass is 294 g/mol. The largest absolute Gasteiger partial charge is 0.358 e. The molecule has 3 heteroatoms. The van der Waals surface area contributed by atoms with Gasteiger partial charge in [-0.3, -0.25) is 4.79 Å². The normalized spacial score (nSPS) is 20.6. The van der Waals surface area contributed by atoms with E-state index in [-0.39, 0.29) is 0 Å². The number of allylic oxidation sites excluding steroid dienone is 2. The van der Waals surface area contributed by atoms with Crippen LogP contribution in [0.3, 0.4) is 0 Å². The molecule has 2 aliphatic rings. The fourth-order valence-corrected chi connectivity index (χ4v) is 3.76. The van der Waals surface area contributed by atoms with E-state index in [1.807, 2.05) is 4.90 Å². The molecule has 22 heavy (non-hydrogen) atoms. The van der Waals surface area contributed by atoms with Crippen molar-refractivity contribution in [3.8, 4) is 0 Å². The van der Waals surface area contributed by atoms with E-state index in [2.05, 4.69) is 42.3 Å². The SMILES string of the molecule is Cc1ccc2[nH]c3c(c2c1)CN(C(=O)C[C@@H]1C=CCC1)CC3. The lowest BCUT2D eigenvalue weighted by atomic mass is 10.0. The molecule has 0 spiro atoms. The predicted molar refractivity (Wildman–Crippen MR) is 88.6 cm³/mol. The molecule has 0 saturated carbocycles. The third-order valence-corrected chi connectivity index (χ3v) is 5.03. The molecule has 0 fully saturated rings. The molecule has 3 nitrogen and oxygen atoms in total. The van der Waals surface area contributed by atoms with E-state index in [0.29, 0.717) is 18.2 Å². The van der Waals surface area contributed by atoms with Gasteiger partial charge in [-0.2, -0.15) is 0 Å². The summed E-state index contributed by atoms with van der Waals surface area (Å²) in [4.78, 5) is 18.1. The Bertz CT molecular complexity index is 756. The molecule has 1 aromatic carbocycles. The van der Waals surface area contributed by atoms with Crippen molar-refractivity contribution in [1.82, 2.24) is 9.88 Å². The van der Waals surface area contributed by atoms with E-state index < -0.39 is 0 Å². The highest BCUT2D eigenvalue weighted by Gasteiger charge is 2.25. The molecule has 4 rings (SSSR count). The zero-order chi connectivity index (χ0) is 15.1. The van der Waals surface area contributed by atoms with Crippen LogP contribution >= 0.6 is 0 Å². The van der Waals surface area contributed by atoms with Crippen LogP contribution in [0.2, 0.25) is 0 Å². The van der Waals surface area contributed by atoms with E-state index in [9.17, 15) is 4.79 Å². The van der Waals surface area contributed by atoms with Crippen molar-refractivity contribution in [2.45, 2.75) is 39.2 Å². The molecular weight excluding hydrogens is 272 g/mol. The summed E-state index contributed by atoms with van der Waals surface area (Å²) in [5.41, 5.74) is 5.10. The van der Waals surface area contributed by atoms with Crippen LogP contribution in [0, 0.1) is 12.8 Å². The van der Waals surface area contributed by atoms with Crippen molar-refractivity contribution < 1.29 is 4.79 Å². The second-order valence-electron chi connectivity index (χ2n) is 6.67. The smallest absolute Gasteiger partial charge is 0.223 e. The maximum atomic E-state index is 12.6. The number of amides is 1. The summed E-state index contributed by atoms with van der Waals surface area (Å²) in [7, 11) is 0. The fraction of sp³-hybridized carbons (Fsp3) is 0.421. The van der Waals surface area contributed by atoms with Gasteiger partial charge in [0.05, 0.1) is 0 Å². The van der Waals surface area contributed by atoms with Crippen LogP contribution in [-0.2, 0) is 17.8 Å². The first-order valence-corrected chi connectivity index (χ1v) is 8.25. The van der Waals surface area contributed by atoms with Crippen LogP contribution in [0.25, 0.3) is 10.9 Å². The first kappa shape index (κ1) is 13.6. The summed E-state index contributed by atoms with van der Waals surface area (Å²) in [5.74, 6) is 0.767. The lowest BCUT2D eigenvalue weighted by Crippen LogP contribution is -2.36. The van der Waals surface area contributed by atoms with Gasteiger partial charge in [0.25, 0.3) is 0 Å². The van der Waals surface area contributed by atoms with E-state index in [0.717, 1.165) is 32.4 Å². The van der Waals surface area contributed by atoms with Gasteiger partial charge in [-0.15, -0.1) is 0 Å². The van der Waals surface area contributed by atoms with Gasteiger partial charge < -0.3 is 9.88 Å². The maximum absolute atomic E-state index is 12.6. The molecule has 114 valence electrons. The van der Waals surface area contributed by atoms with Gasteiger partial charge in [-0.1, -0.05) is 23.8 Å². The average molecular weight is 294 g/mol. The highest BCUT2D eigenvalue weighted by molar-refractivity contribution is 5.86. The Morgan fingerprint density at radius 3 is 3.14 bits per heavy atom. The summed E-state index contributed by atoms with van der Waals surface area (Å²) < 4.78 is 0. The number of hydrogen-bond acceptors (Lipinski definition) is 1. The Labute approximate surface area is 131 Å². The summed E-state index contributed by atoms with van der Waals surface area (Å²) >= 11 is 0. The van der Waals surface area contributed by atoms with E-state index in [4.69, 9.17) is 0 Å². The number of aromatic nitrogens is 1. The second-order valence-corrected chi connectivity index (χ2v) is 6.67. The lowest BCUT2D eigenvalue weighted by molar-refractivity contribution is -0.132. The molecular formula is C19H22N2O. The van der Waals surface area contributed by atoms with Crippen LogP contribution in [0.5, 0.6) is 0 Å². The van der Waals surface area contributed by atoms with E-state index in [1.54, 1.807) is 0 Å². The van der Waals surface area contributed by atoms with Gasteiger partial charge in [-0.25, -0.2) is 0 Å². The topological polar surface area (TPSA) is 36.1 Å². The molecule has 1 amide bonds. The molecule has 1 N–H and O–H groups in total. The minimum absolute atomic E-state index is 0.309. The number of H-pyrrole nitrogens is 1. The zero-order valence-corrected chi connectivity index (χ0v) is 13.1.